The number of aromatic nitrogens is 4. The van der Waals surface area contributed by atoms with E-state index in [0.29, 0.717) is 16.5 Å². The maximum Gasteiger partial charge on any atom is 0.346 e. The Bertz CT molecular complexity index is 1060. The van der Waals surface area contributed by atoms with Crippen molar-refractivity contribution in [1.29, 1.82) is 0 Å². The summed E-state index contributed by atoms with van der Waals surface area (Å²) in [5.74, 6) is -0.296. The molecule has 1 aliphatic rings. The van der Waals surface area contributed by atoms with Crippen molar-refractivity contribution in [1.82, 2.24) is 24.6 Å². The fourth-order valence-electron chi connectivity index (χ4n) is 2.87. The number of carbonyl (C=O) groups is 1. The van der Waals surface area contributed by atoms with Gasteiger partial charge in [-0.05, 0) is 49.2 Å². The van der Waals surface area contributed by atoms with Crippen molar-refractivity contribution in [2.45, 2.75) is 32.0 Å². The van der Waals surface area contributed by atoms with Gasteiger partial charge in [0, 0.05) is 16.6 Å². The van der Waals surface area contributed by atoms with Crippen molar-refractivity contribution in [3.05, 3.63) is 69.6 Å². The molecule has 1 aromatic carbocycles. The predicted octanol–water partition coefficient (Wildman–Crippen LogP) is 2.55. The van der Waals surface area contributed by atoms with E-state index in [1.54, 1.807) is 28.8 Å². The van der Waals surface area contributed by atoms with Crippen LogP contribution in [0.2, 0.25) is 5.02 Å². The lowest BCUT2D eigenvalue weighted by Gasteiger charge is -2.04. The average molecular weight is 402 g/mol. The van der Waals surface area contributed by atoms with Gasteiger partial charge >= 0.3 is 5.69 Å². The van der Waals surface area contributed by atoms with Crippen molar-refractivity contribution in [3.8, 4) is 11.4 Å². The van der Waals surface area contributed by atoms with Crippen molar-refractivity contribution < 1.29 is 9.18 Å². The third-order valence-corrected chi connectivity index (χ3v) is 4.69. The maximum atomic E-state index is 12.9. The molecule has 4 rings (SSSR count). The molecule has 9 heteroatoms. The summed E-state index contributed by atoms with van der Waals surface area (Å²) >= 11 is 5.94. The van der Waals surface area contributed by atoms with E-state index in [4.69, 9.17) is 11.6 Å². The van der Waals surface area contributed by atoms with Crippen LogP contribution in [0.25, 0.3) is 11.4 Å². The Hall–Kier alpha value is -3.00. The molecule has 28 heavy (non-hydrogen) atoms. The van der Waals surface area contributed by atoms with Crippen LogP contribution in [0.3, 0.4) is 0 Å². The van der Waals surface area contributed by atoms with Crippen LogP contribution in [0.5, 0.6) is 0 Å². The molecule has 0 spiro atoms. The molecule has 7 nitrogen and oxygen atoms in total. The average Bonchev–Trinajstić information content (AvgIpc) is 3.47. The SMILES string of the molecule is O=C(Cn1nc(-c2ccc(Cl)cc2)n(C2CC2)c1=O)NCc1ccc(F)cn1. The zero-order valence-electron chi connectivity index (χ0n) is 14.8. The Balaban J connectivity index is 1.52. The fourth-order valence-corrected chi connectivity index (χ4v) is 3.00. The molecule has 1 aliphatic carbocycles. The first-order valence-electron chi connectivity index (χ1n) is 8.83. The predicted molar refractivity (Wildman–Crippen MR) is 101 cm³/mol. The molecule has 144 valence electrons. The fraction of sp³-hybridized carbons (Fsp3) is 0.263. The van der Waals surface area contributed by atoms with Crippen LogP contribution in [0.4, 0.5) is 4.39 Å². The van der Waals surface area contributed by atoms with Crippen LogP contribution < -0.4 is 11.0 Å². The van der Waals surface area contributed by atoms with Gasteiger partial charge in [0.1, 0.15) is 12.4 Å². The molecule has 1 N–H and O–H groups in total. The van der Waals surface area contributed by atoms with E-state index in [1.165, 1.54) is 12.1 Å². The summed E-state index contributed by atoms with van der Waals surface area (Å²) in [6.45, 7) is -0.0679. The molecule has 1 saturated carbocycles. The second kappa shape index (κ2) is 7.55. The first-order chi connectivity index (χ1) is 13.5. The van der Waals surface area contributed by atoms with Crippen LogP contribution >= 0.6 is 11.6 Å². The minimum absolute atomic E-state index is 0.110. The largest absolute Gasteiger partial charge is 0.349 e. The summed E-state index contributed by atoms with van der Waals surface area (Å²) in [6, 6.07) is 9.94. The van der Waals surface area contributed by atoms with E-state index in [2.05, 4.69) is 15.4 Å². The highest BCUT2D eigenvalue weighted by molar-refractivity contribution is 6.30. The maximum absolute atomic E-state index is 12.9. The van der Waals surface area contributed by atoms with Gasteiger partial charge in [-0.15, -0.1) is 5.10 Å². The van der Waals surface area contributed by atoms with Gasteiger partial charge in [0.15, 0.2) is 5.82 Å². The molecular weight excluding hydrogens is 385 g/mol. The number of nitrogens with one attached hydrogen (secondary N) is 1. The Morgan fingerprint density at radius 2 is 1.96 bits per heavy atom. The summed E-state index contributed by atoms with van der Waals surface area (Å²) in [6.07, 6.45) is 2.91. The zero-order valence-corrected chi connectivity index (χ0v) is 15.6. The molecule has 0 unspecified atom stereocenters. The Labute approximate surface area is 164 Å². The number of nitrogens with zero attached hydrogens (tertiary/aromatic N) is 4. The van der Waals surface area contributed by atoms with Gasteiger partial charge in [-0.1, -0.05) is 11.6 Å². The first-order valence-corrected chi connectivity index (χ1v) is 9.21. The smallest absolute Gasteiger partial charge is 0.346 e. The Kier molecular flexibility index (Phi) is 4.95. The Morgan fingerprint density at radius 1 is 1.21 bits per heavy atom. The number of hydrogen-bond donors (Lipinski definition) is 1. The van der Waals surface area contributed by atoms with Gasteiger partial charge in [0.2, 0.25) is 5.91 Å². The lowest BCUT2D eigenvalue weighted by Crippen LogP contribution is -2.33. The van der Waals surface area contributed by atoms with Crippen LogP contribution in [0.1, 0.15) is 24.6 Å². The number of pyridine rings is 1. The topological polar surface area (TPSA) is 81.8 Å². The van der Waals surface area contributed by atoms with Crippen molar-refractivity contribution in [3.63, 3.8) is 0 Å². The molecule has 0 saturated heterocycles. The molecule has 3 aromatic rings. The normalized spacial score (nSPS) is 13.5. The van der Waals surface area contributed by atoms with E-state index in [-0.39, 0.29) is 30.7 Å². The lowest BCUT2D eigenvalue weighted by atomic mass is 10.2. The number of amides is 1. The molecule has 0 atom stereocenters. The number of hydrogen-bond acceptors (Lipinski definition) is 4. The van der Waals surface area contributed by atoms with Crippen LogP contribution in [-0.4, -0.2) is 25.2 Å². The quantitative estimate of drug-likeness (QED) is 0.688. The minimum atomic E-state index is -0.443. The summed E-state index contributed by atoms with van der Waals surface area (Å²) in [4.78, 5) is 28.9. The van der Waals surface area contributed by atoms with Gasteiger partial charge in [-0.25, -0.2) is 13.9 Å². The van der Waals surface area contributed by atoms with Gasteiger partial charge in [-0.3, -0.25) is 14.3 Å². The molecule has 1 fully saturated rings. The Morgan fingerprint density at radius 3 is 2.61 bits per heavy atom. The van der Waals surface area contributed by atoms with Crippen molar-refractivity contribution in [2.24, 2.45) is 0 Å². The molecule has 0 aliphatic heterocycles. The van der Waals surface area contributed by atoms with E-state index in [0.717, 1.165) is 29.3 Å². The van der Waals surface area contributed by atoms with Crippen LogP contribution in [0, 0.1) is 5.82 Å². The molecule has 1 amide bonds. The summed E-state index contributed by atoms with van der Waals surface area (Å²) in [7, 11) is 0. The lowest BCUT2D eigenvalue weighted by molar-refractivity contribution is -0.122. The molecule has 0 radical (unpaired) electrons. The van der Waals surface area contributed by atoms with Gasteiger partial charge in [-0.2, -0.15) is 0 Å². The van der Waals surface area contributed by atoms with Crippen LogP contribution in [0.15, 0.2) is 47.4 Å². The molecule has 0 bridgehead atoms. The highest BCUT2D eigenvalue weighted by Gasteiger charge is 2.30. The summed E-state index contributed by atoms with van der Waals surface area (Å²) in [5.41, 5.74) is 0.970. The third-order valence-electron chi connectivity index (χ3n) is 4.43. The van der Waals surface area contributed by atoms with Gasteiger partial charge in [0.05, 0.1) is 18.4 Å². The van der Waals surface area contributed by atoms with E-state index in [1.807, 2.05) is 0 Å². The van der Waals surface area contributed by atoms with E-state index >= 15 is 0 Å². The number of halogens is 2. The highest BCUT2D eigenvalue weighted by atomic mass is 35.5. The third kappa shape index (κ3) is 3.96. The van der Waals surface area contributed by atoms with E-state index < -0.39 is 5.82 Å². The minimum Gasteiger partial charge on any atom is -0.349 e. The van der Waals surface area contributed by atoms with Crippen molar-refractivity contribution in [2.75, 3.05) is 0 Å². The highest BCUT2D eigenvalue weighted by Crippen LogP contribution is 2.36. The van der Waals surface area contributed by atoms with Gasteiger partial charge in [0.25, 0.3) is 0 Å². The number of rotatable bonds is 6. The second-order valence-corrected chi connectivity index (χ2v) is 7.05. The van der Waals surface area contributed by atoms with Crippen molar-refractivity contribution >= 4 is 17.5 Å². The number of benzene rings is 1. The summed E-state index contributed by atoms with van der Waals surface area (Å²) in [5, 5.41) is 7.63. The van der Waals surface area contributed by atoms with Gasteiger partial charge < -0.3 is 5.32 Å². The second-order valence-electron chi connectivity index (χ2n) is 6.62. The molecular formula is C19H17ClFN5O2. The number of carbonyl (C=O) groups excluding carboxylic acids is 1. The zero-order chi connectivity index (χ0) is 19.7. The van der Waals surface area contributed by atoms with Crippen LogP contribution in [-0.2, 0) is 17.9 Å². The molecule has 2 aromatic heterocycles. The monoisotopic (exact) mass is 401 g/mol. The first kappa shape index (κ1) is 18.4. The summed E-state index contributed by atoms with van der Waals surface area (Å²) < 4.78 is 15.7. The standard InChI is InChI=1S/C19H17ClFN5O2/c20-13-3-1-12(2-4-13)18-24-25(19(28)26(18)16-7-8-16)11-17(27)23-10-15-6-5-14(21)9-22-15/h1-6,9,16H,7-8,10-11H2,(H,23,27). The molecule has 2 heterocycles. The van der Waals surface area contributed by atoms with E-state index in [9.17, 15) is 14.0 Å².